The van der Waals surface area contributed by atoms with Crippen LogP contribution in [-0.4, -0.2) is 12.6 Å². The molecule has 0 aliphatic rings. The Morgan fingerprint density at radius 1 is 1.11 bits per heavy atom. The number of carbonyl (C=O) groups excluding carboxylic acids is 1. The Balaban J connectivity index is 2.11. The topological polar surface area (TPSA) is 26.3 Å². The molecule has 98 valence electrons. The molecule has 0 spiro atoms. The molecule has 0 N–H and O–H groups in total. The molecule has 0 saturated heterocycles. The van der Waals surface area contributed by atoms with Gasteiger partial charge in [0.05, 0.1) is 5.56 Å². The molecule has 0 radical (unpaired) electrons. The van der Waals surface area contributed by atoms with E-state index in [0.717, 1.165) is 4.47 Å². The van der Waals surface area contributed by atoms with E-state index in [1.54, 1.807) is 54.6 Å². The number of ether oxygens (including phenoxy) is 1. The third-order valence-corrected chi connectivity index (χ3v) is 3.17. The lowest BCUT2D eigenvalue weighted by atomic mass is 10.1. The van der Waals surface area contributed by atoms with E-state index in [1.807, 2.05) is 0 Å². The van der Waals surface area contributed by atoms with E-state index in [2.05, 4.69) is 15.9 Å². The second-order valence-electron chi connectivity index (χ2n) is 3.97. The van der Waals surface area contributed by atoms with E-state index in [9.17, 15) is 9.18 Å². The monoisotopic (exact) mass is 322 g/mol. The van der Waals surface area contributed by atoms with Crippen LogP contribution in [0.25, 0.3) is 0 Å². The molecule has 2 aromatic carbocycles. The Bertz CT molecular complexity index is 540. The summed E-state index contributed by atoms with van der Waals surface area (Å²) in [5.74, 6) is -0.522. The second kappa shape index (κ2) is 6.48. The van der Waals surface area contributed by atoms with Crippen LogP contribution in [0.5, 0.6) is 0 Å². The van der Waals surface area contributed by atoms with Crippen LogP contribution in [0.15, 0.2) is 59.1 Å². The van der Waals surface area contributed by atoms with Crippen molar-refractivity contribution in [1.82, 2.24) is 0 Å². The molecule has 0 heterocycles. The first kappa shape index (κ1) is 13.7. The fourth-order valence-electron chi connectivity index (χ4n) is 1.64. The normalized spacial score (nSPS) is 11.9. The third-order valence-electron chi connectivity index (χ3n) is 2.64. The zero-order chi connectivity index (χ0) is 13.7. The summed E-state index contributed by atoms with van der Waals surface area (Å²) < 4.78 is 19.1. The molecule has 0 fully saturated rings. The minimum Gasteiger partial charge on any atom is -0.451 e. The van der Waals surface area contributed by atoms with Gasteiger partial charge in [-0.25, -0.2) is 9.18 Å². The average Bonchev–Trinajstić information content (AvgIpc) is 2.46. The number of alkyl halides is 1. The highest BCUT2D eigenvalue weighted by Gasteiger charge is 2.17. The van der Waals surface area contributed by atoms with Gasteiger partial charge in [-0.05, 0) is 29.8 Å². The predicted octanol–water partition coefficient (Wildman–Crippen LogP) is 4.32. The standard InChI is InChI=1S/C15H12BrFO2/c16-13-8-6-11(7-9-13)14(10-17)19-15(18)12-4-2-1-3-5-12/h1-9,14H,10H2/t14-/m1/s1. The van der Waals surface area contributed by atoms with E-state index in [1.165, 1.54) is 0 Å². The fourth-order valence-corrected chi connectivity index (χ4v) is 1.90. The quantitative estimate of drug-likeness (QED) is 0.784. The zero-order valence-corrected chi connectivity index (χ0v) is 11.6. The Kier molecular flexibility index (Phi) is 4.68. The largest absolute Gasteiger partial charge is 0.451 e. The van der Waals surface area contributed by atoms with Gasteiger partial charge >= 0.3 is 5.97 Å². The Hall–Kier alpha value is -1.68. The molecule has 2 rings (SSSR count). The molecule has 0 aromatic heterocycles. The van der Waals surface area contributed by atoms with Crippen molar-refractivity contribution < 1.29 is 13.9 Å². The zero-order valence-electron chi connectivity index (χ0n) is 10.1. The van der Waals surface area contributed by atoms with Gasteiger partial charge in [0.15, 0.2) is 6.10 Å². The van der Waals surface area contributed by atoms with Gasteiger partial charge in [0, 0.05) is 4.47 Å². The lowest BCUT2D eigenvalue weighted by Crippen LogP contribution is -2.13. The SMILES string of the molecule is O=C(O[C@H](CF)c1ccc(Br)cc1)c1ccccc1. The van der Waals surface area contributed by atoms with Crippen LogP contribution in [0.3, 0.4) is 0 Å². The maximum Gasteiger partial charge on any atom is 0.338 e. The van der Waals surface area contributed by atoms with Gasteiger partial charge < -0.3 is 4.74 Å². The van der Waals surface area contributed by atoms with Gasteiger partial charge in [-0.2, -0.15) is 0 Å². The maximum atomic E-state index is 13.0. The van der Waals surface area contributed by atoms with Crippen LogP contribution in [0.1, 0.15) is 22.0 Å². The van der Waals surface area contributed by atoms with Crippen molar-refractivity contribution in [3.63, 3.8) is 0 Å². The van der Waals surface area contributed by atoms with Crippen LogP contribution >= 0.6 is 15.9 Å². The molecule has 2 nitrogen and oxygen atoms in total. The minimum atomic E-state index is -0.874. The number of halogens is 2. The first-order valence-electron chi connectivity index (χ1n) is 5.78. The van der Waals surface area contributed by atoms with Gasteiger partial charge in [0.25, 0.3) is 0 Å². The first-order valence-corrected chi connectivity index (χ1v) is 6.57. The summed E-state index contributed by atoms with van der Waals surface area (Å²) in [6, 6.07) is 15.6. The van der Waals surface area contributed by atoms with Crippen molar-refractivity contribution in [1.29, 1.82) is 0 Å². The molecule has 1 atom stereocenters. The van der Waals surface area contributed by atoms with Gasteiger partial charge in [-0.15, -0.1) is 0 Å². The van der Waals surface area contributed by atoms with Gasteiger partial charge in [0.2, 0.25) is 0 Å². The molecular formula is C15H12BrFO2. The molecule has 19 heavy (non-hydrogen) atoms. The first-order chi connectivity index (χ1) is 9.20. The summed E-state index contributed by atoms with van der Waals surface area (Å²) in [6.07, 6.45) is -0.874. The summed E-state index contributed by atoms with van der Waals surface area (Å²) in [4.78, 5) is 11.9. The molecular weight excluding hydrogens is 311 g/mol. The van der Waals surface area contributed by atoms with E-state index < -0.39 is 18.7 Å². The van der Waals surface area contributed by atoms with Gasteiger partial charge in [-0.3, -0.25) is 0 Å². The predicted molar refractivity (Wildman–Crippen MR) is 74.7 cm³/mol. The molecule has 0 bridgehead atoms. The maximum absolute atomic E-state index is 13.0. The summed E-state index contributed by atoms with van der Waals surface area (Å²) in [6.45, 7) is -0.750. The number of carbonyl (C=O) groups is 1. The van der Waals surface area contributed by atoms with Crippen LogP contribution in [0, 0.1) is 0 Å². The highest BCUT2D eigenvalue weighted by atomic mass is 79.9. The second-order valence-corrected chi connectivity index (χ2v) is 4.88. The van der Waals surface area contributed by atoms with Crippen molar-refractivity contribution in [2.45, 2.75) is 6.10 Å². The van der Waals surface area contributed by atoms with Crippen molar-refractivity contribution in [3.8, 4) is 0 Å². The van der Waals surface area contributed by atoms with E-state index in [0.29, 0.717) is 11.1 Å². The van der Waals surface area contributed by atoms with E-state index in [4.69, 9.17) is 4.74 Å². The Morgan fingerprint density at radius 3 is 2.32 bits per heavy atom. The smallest absolute Gasteiger partial charge is 0.338 e. The van der Waals surface area contributed by atoms with E-state index >= 15 is 0 Å². The summed E-state index contributed by atoms with van der Waals surface area (Å²) >= 11 is 3.30. The van der Waals surface area contributed by atoms with Crippen molar-refractivity contribution in [3.05, 3.63) is 70.2 Å². The van der Waals surface area contributed by atoms with Gasteiger partial charge in [0.1, 0.15) is 6.67 Å². The molecule has 0 aliphatic carbocycles. The molecule has 0 saturated carbocycles. The fraction of sp³-hybridized carbons (Fsp3) is 0.133. The van der Waals surface area contributed by atoms with Crippen molar-refractivity contribution >= 4 is 21.9 Å². The summed E-state index contributed by atoms with van der Waals surface area (Å²) in [7, 11) is 0. The number of rotatable bonds is 4. The van der Waals surface area contributed by atoms with E-state index in [-0.39, 0.29) is 0 Å². The van der Waals surface area contributed by atoms with Crippen molar-refractivity contribution in [2.75, 3.05) is 6.67 Å². The van der Waals surface area contributed by atoms with Gasteiger partial charge in [-0.1, -0.05) is 46.3 Å². The lowest BCUT2D eigenvalue weighted by Gasteiger charge is -2.15. The van der Waals surface area contributed by atoms with Crippen molar-refractivity contribution in [2.24, 2.45) is 0 Å². The Labute approximate surface area is 119 Å². The Morgan fingerprint density at radius 2 is 1.74 bits per heavy atom. The highest BCUT2D eigenvalue weighted by molar-refractivity contribution is 9.10. The molecule has 2 aromatic rings. The molecule has 0 unspecified atom stereocenters. The van der Waals surface area contributed by atoms with Crippen LogP contribution in [0.2, 0.25) is 0 Å². The number of hydrogen-bond acceptors (Lipinski definition) is 2. The lowest BCUT2D eigenvalue weighted by molar-refractivity contribution is 0.0234. The molecule has 0 amide bonds. The van der Waals surface area contributed by atoms with Crippen LogP contribution < -0.4 is 0 Å². The molecule has 4 heteroatoms. The summed E-state index contributed by atoms with van der Waals surface area (Å²) in [5, 5.41) is 0. The number of hydrogen-bond donors (Lipinski definition) is 0. The molecule has 0 aliphatic heterocycles. The minimum absolute atomic E-state index is 0.415. The highest BCUT2D eigenvalue weighted by Crippen LogP contribution is 2.22. The summed E-state index contributed by atoms with van der Waals surface area (Å²) in [5.41, 5.74) is 1.05. The third kappa shape index (κ3) is 3.64. The van der Waals surface area contributed by atoms with Crippen LogP contribution in [0.4, 0.5) is 4.39 Å². The number of esters is 1. The van der Waals surface area contributed by atoms with Crippen LogP contribution in [-0.2, 0) is 4.74 Å². The average molecular weight is 323 g/mol. The number of benzene rings is 2.